The number of hydrogen-bond acceptors (Lipinski definition) is 2. The van der Waals surface area contributed by atoms with Crippen molar-refractivity contribution in [2.75, 3.05) is 0 Å². The van der Waals surface area contributed by atoms with E-state index in [1.54, 1.807) is 6.92 Å². The predicted molar refractivity (Wildman–Crippen MR) is 54.4 cm³/mol. The second-order valence-electron chi connectivity index (χ2n) is 2.98. The van der Waals surface area contributed by atoms with Crippen LogP contribution in [0, 0.1) is 0 Å². The molecule has 0 bridgehead atoms. The van der Waals surface area contributed by atoms with Crippen LogP contribution in [0.3, 0.4) is 0 Å². The first-order valence-corrected chi connectivity index (χ1v) is 6.35. The van der Waals surface area contributed by atoms with E-state index in [1.165, 1.54) is 0 Å². The van der Waals surface area contributed by atoms with E-state index in [-0.39, 0.29) is 0 Å². The van der Waals surface area contributed by atoms with Crippen LogP contribution < -0.4 is 0 Å². The van der Waals surface area contributed by atoms with Gasteiger partial charge in [-0.25, -0.2) is 8.42 Å². The summed E-state index contributed by atoms with van der Waals surface area (Å²) in [6, 6.07) is 9.42. The Bertz CT molecular complexity index is 358. The van der Waals surface area contributed by atoms with Crippen molar-refractivity contribution in [2.45, 2.75) is 18.6 Å². The van der Waals surface area contributed by atoms with Gasteiger partial charge in [-0.05, 0) is 18.9 Å². The third-order valence-corrected chi connectivity index (χ3v) is 3.89. The van der Waals surface area contributed by atoms with E-state index in [9.17, 15) is 8.42 Å². The van der Waals surface area contributed by atoms with Crippen molar-refractivity contribution in [1.29, 1.82) is 0 Å². The van der Waals surface area contributed by atoms with Crippen molar-refractivity contribution >= 4 is 19.7 Å². The predicted octanol–water partition coefficient (Wildman–Crippen LogP) is 2.19. The molecular formula is C9H11ClO2S. The zero-order valence-electron chi connectivity index (χ0n) is 7.27. The van der Waals surface area contributed by atoms with E-state index in [0.29, 0.717) is 6.42 Å². The Morgan fingerprint density at radius 3 is 2.31 bits per heavy atom. The van der Waals surface area contributed by atoms with Crippen LogP contribution in [-0.4, -0.2) is 13.7 Å². The van der Waals surface area contributed by atoms with Crippen LogP contribution in [0.15, 0.2) is 30.3 Å². The third kappa shape index (κ3) is 3.36. The highest BCUT2D eigenvalue weighted by atomic mass is 35.7. The first-order valence-electron chi connectivity index (χ1n) is 3.97. The summed E-state index contributed by atoms with van der Waals surface area (Å²) in [5, 5.41) is -0.531. The van der Waals surface area contributed by atoms with Crippen LogP contribution in [0.5, 0.6) is 0 Å². The van der Waals surface area contributed by atoms with Gasteiger partial charge in [0.25, 0.3) is 0 Å². The molecule has 0 amide bonds. The zero-order chi connectivity index (χ0) is 9.90. The van der Waals surface area contributed by atoms with Crippen LogP contribution in [0.4, 0.5) is 0 Å². The summed E-state index contributed by atoms with van der Waals surface area (Å²) in [6.07, 6.45) is 0.465. The van der Waals surface area contributed by atoms with Crippen molar-refractivity contribution in [3.05, 3.63) is 35.9 Å². The van der Waals surface area contributed by atoms with Crippen LogP contribution in [-0.2, 0) is 15.5 Å². The summed E-state index contributed by atoms with van der Waals surface area (Å²) in [7, 11) is 1.78. The van der Waals surface area contributed by atoms with Gasteiger partial charge in [-0.3, -0.25) is 0 Å². The molecule has 1 unspecified atom stereocenters. The Morgan fingerprint density at radius 1 is 1.31 bits per heavy atom. The van der Waals surface area contributed by atoms with Crippen molar-refractivity contribution in [1.82, 2.24) is 0 Å². The molecule has 4 heteroatoms. The minimum Gasteiger partial charge on any atom is -0.212 e. The lowest BCUT2D eigenvalue weighted by Crippen LogP contribution is -2.14. The Balaban J connectivity index is 2.72. The van der Waals surface area contributed by atoms with E-state index in [0.717, 1.165) is 5.56 Å². The lowest BCUT2D eigenvalue weighted by molar-refractivity contribution is 0.597. The van der Waals surface area contributed by atoms with Gasteiger partial charge in [-0.15, -0.1) is 0 Å². The van der Waals surface area contributed by atoms with Gasteiger partial charge in [0, 0.05) is 10.7 Å². The summed E-state index contributed by atoms with van der Waals surface area (Å²) in [5.41, 5.74) is 0.985. The van der Waals surface area contributed by atoms with Gasteiger partial charge in [0.05, 0.1) is 5.25 Å². The van der Waals surface area contributed by atoms with Crippen LogP contribution in [0.1, 0.15) is 12.5 Å². The van der Waals surface area contributed by atoms with E-state index in [2.05, 4.69) is 0 Å². The molecule has 13 heavy (non-hydrogen) atoms. The van der Waals surface area contributed by atoms with Crippen molar-refractivity contribution in [3.8, 4) is 0 Å². The molecule has 0 saturated heterocycles. The molecule has 0 aliphatic rings. The molecule has 72 valence electrons. The molecule has 0 fully saturated rings. The van der Waals surface area contributed by atoms with Crippen LogP contribution >= 0.6 is 10.7 Å². The molecule has 0 radical (unpaired) electrons. The van der Waals surface area contributed by atoms with Gasteiger partial charge in [0.15, 0.2) is 0 Å². The van der Waals surface area contributed by atoms with Crippen LogP contribution in [0.2, 0.25) is 0 Å². The Morgan fingerprint density at radius 2 is 1.85 bits per heavy atom. The average Bonchev–Trinajstić information content (AvgIpc) is 2.04. The first kappa shape index (κ1) is 10.5. The molecule has 0 aliphatic carbocycles. The molecule has 0 heterocycles. The monoisotopic (exact) mass is 218 g/mol. The van der Waals surface area contributed by atoms with Crippen molar-refractivity contribution < 1.29 is 8.42 Å². The van der Waals surface area contributed by atoms with E-state index in [4.69, 9.17) is 10.7 Å². The zero-order valence-corrected chi connectivity index (χ0v) is 8.85. The van der Waals surface area contributed by atoms with E-state index in [1.807, 2.05) is 30.3 Å². The molecule has 1 aromatic carbocycles. The summed E-state index contributed by atoms with van der Waals surface area (Å²) in [6.45, 7) is 1.61. The largest absolute Gasteiger partial charge is 0.235 e. The highest BCUT2D eigenvalue weighted by Crippen LogP contribution is 2.12. The number of hydrogen-bond donors (Lipinski definition) is 0. The minimum absolute atomic E-state index is 0.465. The first-order chi connectivity index (χ1) is 6.00. The highest BCUT2D eigenvalue weighted by Gasteiger charge is 2.17. The van der Waals surface area contributed by atoms with Crippen molar-refractivity contribution in [2.24, 2.45) is 0 Å². The van der Waals surface area contributed by atoms with Gasteiger partial charge >= 0.3 is 0 Å². The Hall–Kier alpha value is -0.540. The van der Waals surface area contributed by atoms with Gasteiger partial charge < -0.3 is 0 Å². The molecule has 1 atom stereocenters. The Kier molecular flexibility index (Phi) is 3.33. The van der Waals surface area contributed by atoms with E-state index >= 15 is 0 Å². The molecule has 1 rings (SSSR count). The van der Waals surface area contributed by atoms with E-state index < -0.39 is 14.3 Å². The maximum atomic E-state index is 10.9. The summed E-state index contributed by atoms with van der Waals surface area (Å²) < 4.78 is 21.8. The standard InChI is InChI=1S/C9H11ClO2S/c1-8(13(10,11)12)7-9-5-3-2-4-6-9/h2-6,8H,7H2,1H3. The normalized spacial score (nSPS) is 14.0. The lowest BCUT2D eigenvalue weighted by Gasteiger charge is -2.06. The molecular weight excluding hydrogens is 208 g/mol. The maximum Gasteiger partial charge on any atom is 0.235 e. The number of benzene rings is 1. The fourth-order valence-corrected chi connectivity index (χ4v) is 1.63. The topological polar surface area (TPSA) is 34.1 Å². The van der Waals surface area contributed by atoms with Gasteiger partial charge in [0.2, 0.25) is 9.05 Å². The van der Waals surface area contributed by atoms with Crippen molar-refractivity contribution in [3.63, 3.8) is 0 Å². The maximum absolute atomic E-state index is 10.9. The average molecular weight is 219 g/mol. The minimum atomic E-state index is -3.43. The third-order valence-electron chi connectivity index (χ3n) is 1.85. The molecule has 0 N–H and O–H groups in total. The molecule has 2 nitrogen and oxygen atoms in total. The number of halogens is 1. The molecule has 0 aliphatic heterocycles. The Labute approximate surface area is 83.0 Å². The molecule has 0 saturated carbocycles. The number of rotatable bonds is 3. The summed E-state index contributed by atoms with van der Waals surface area (Å²) >= 11 is 0. The van der Waals surface area contributed by atoms with Crippen LogP contribution in [0.25, 0.3) is 0 Å². The quantitative estimate of drug-likeness (QED) is 0.729. The molecule has 0 aromatic heterocycles. The second-order valence-corrected chi connectivity index (χ2v) is 6.02. The SMILES string of the molecule is CC(Cc1ccccc1)S(=O)(=O)Cl. The summed E-state index contributed by atoms with van der Waals surface area (Å²) in [5.74, 6) is 0. The smallest absolute Gasteiger partial charge is 0.212 e. The lowest BCUT2D eigenvalue weighted by atomic mass is 10.1. The fourth-order valence-electron chi connectivity index (χ4n) is 1.05. The summed E-state index contributed by atoms with van der Waals surface area (Å²) in [4.78, 5) is 0. The van der Waals surface area contributed by atoms with Gasteiger partial charge in [0.1, 0.15) is 0 Å². The fraction of sp³-hybridized carbons (Fsp3) is 0.333. The van der Waals surface area contributed by atoms with Gasteiger partial charge in [-0.2, -0.15) is 0 Å². The highest BCUT2D eigenvalue weighted by molar-refractivity contribution is 8.14. The second kappa shape index (κ2) is 4.11. The molecule has 0 spiro atoms. The molecule has 1 aromatic rings. The van der Waals surface area contributed by atoms with Gasteiger partial charge in [-0.1, -0.05) is 30.3 Å².